The van der Waals surface area contributed by atoms with Crippen molar-refractivity contribution in [2.24, 2.45) is 0 Å². The van der Waals surface area contributed by atoms with Crippen molar-refractivity contribution in [3.8, 4) is 0 Å². The van der Waals surface area contributed by atoms with Gasteiger partial charge in [-0.1, -0.05) is 232 Å². The molecule has 0 bridgehead atoms. The molecule has 1 N–H and O–H groups in total. The van der Waals surface area contributed by atoms with E-state index in [2.05, 4.69) is 25.0 Å². The zero-order valence-electron chi connectivity index (χ0n) is 57.0. The molecule has 20 heteroatoms. The van der Waals surface area contributed by atoms with E-state index in [0.29, 0.717) is 5.56 Å². The van der Waals surface area contributed by atoms with Crippen LogP contribution in [0.15, 0.2) is 212 Å². The summed E-state index contributed by atoms with van der Waals surface area (Å²) >= 11 is 1.72. The fourth-order valence-corrected chi connectivity index (χ4v) is 16.2. The molecule has 0 aliphatic carbocycles. The minimum Gasteiger partial charge on any atom is -0.457 e. The van der Waals surface area contributed by atoms with Gasteiger partial charge >= 0.3 is 5.97 Å². The van der Waals surface area contributed by atoms with Gasteiger partial charge in [-0.3, -0.25) is 9.59 Å². The van der Waals surface area contributed by atoms with Crippen molar-refractivity contribution in [2.75, 3.05) is 25.6 Å². The van der Waals surface area contributed by atoms with E-state index in [1.807, 2.05) is 212 Å². The number of carbonyl (C=O) groups is 3. The van der Waals surface area contributed by atoms with E-state index >= 15 is 0 Å². The van der Waals surface area contributed by atoms with Gasteiger partial charge in [0.2, 0.25) is 5.91 Å². The summed E-state index contributed by atoms with van der Waals surface area (Å²) in [4.78, 5) is 40.2. The molecule has 526 valence electrons. The molecule has 4 aliphatic rings. The number of ketones is 1. The largest absolute Gasteiger partial charge is 0.457 e. The number of esters is 1. The standard InChI is InChI=1S/C79H93NO17SSi/c1-54(81)41-42-66(83)94-71-67(80-55(2)82)77(91-65-53-90-76(95-68(65)71)62-39-25-12-26-40-62)96-69-63(51-84-45-56-27-13-6-14-28-56)92-78(74(88-49-60-35-21-10-22-36-60)72(69)86-47-58-31-17-8-18-32-58)97-70-64(52-85-46-57-29-15-7-16-30-57)93-79(98-43-44-99(3,4)5)75(89-50-61-37-23-11-24-38-61)73(70)87-48-59-33-19-9-20-34-59/h6-40,63-65,67-79H,41-53H2,1-5H3,(H,80,82)/t63-,64-,65-,67-,68+,69+,70-,71-,72+,73+,74-,75-,76?,77+,78+,79+/m1/s1. The second-order valence-electron chi connectivity index (χ2n) is 26.6. The van der Waals surface area contributed by atoms with E-state index in [9.17, 15) is 14.4 Å². The number of hydrogen-bond acceptors (Lipinski definition) is 18. The molecular formula is C79H93NO17SSi. The number of hydrogen-bond donors (Lipinski definition) is 1. The Morgan fingerprint density at radius 3 is 1.35 bits per heavy atom. The van der Waals surface area contributed by atoms with Gasteiger partial charge in [-0.2, -0.15) is 0 Å². The van der Waals surface area contributed by atoms with Gasteiger partial charge in [0.15, 0.2) is 25.0 Å². The number of rotatable bonds is 34. The van der Waals surface area contributed by atoms with Crippen LogP contribution in [0.25, 0.3) is 0 Å². The topological polar surface area (TPSA) is 192 Å². The Labute approximate surface area is 586 Å². The fourth-order valence-electron chi connectivity index (χ4n) is 12.4. The van der Waals surface area contributed by atoms with Crippen LogP contribution in [0.2, 0.25) is 25.7 Å². The second-order valence-corrected chi connectivity index (χ2v) is 33.4. The van der Waals surface area contributed by atoms with Crippen molar-refractivity contribution in [1.29, 1.82) is 0 Å². The van der Waals surface area contributed by atoms with Gasteiger partial charge in [0, 0.05) is 27.0 Å². The molecule has 0 radical (unpaired) electrons. The molecule has 4 aliphatic heterocycles. The molecule has 16 atom stereocenters. The zero-order chi connectivity index (χ0) is 68.8. The molecule has 4 saturated heterocycles. The summed E-state index contributed by atoms with van der Waals surface area (Å²) in [6, 6.07) is 68.6. The smallest absolute Gasteiger partial charge is 0.306 e. The maximum atomic E-state index is 14.1. The summed E-state index contributed by atoms with van der Waals surface area (Å²) in [5.41, 5.74) is 5.67. The van der Waals surface area contributed by atoms with Gasteiger partial charge in [0.05, 0.1) is 65.9 Å². The Hall–Kier alpha value is -6.80. The first kappa shape index (κ1) is 73.4. The molecule has 99 heavy (non-hydrogen) atoms. The minimum absolute atomic E-state index is 0.0310. The molecule has 1 amide bonds. The number of carbonyl (C=O) groups excluding carboxylic acids is 3. The Balaban J connectivity index is 1.03. The van der Waals surface area contributed by atoms with Crippen LogP contribution in [0.1, 0.15) is 71.9 Å². The van der Waals surface area contributed by atoms with E-state index in [4.69, 9.17) is 66.3 Å². The molecule has 18 nitrogen and oxygen atoms in total. The highest BCUT2D eigenvalue weighted by Gasteiger charge is 2.58. The number of fused-ring (bicyclic) bond motifs is 1. The van der Waals surface area contributed by atoms with Gasteiger partial charge in [0.25, 0.3) is 0 Å². The predicted octanol–water partition coefficient (Wildman–Crippen LogP) is 12.7. The van der Waals surface area contributed by atoms with Crippen molar-refractivity contribution in [1.82, 2.24) is 5.32 Å². The summed E-state index contributed by atoms with van der Waals surface area (Å²) in [6.45, 7) is 10.9. The maximum absolute atomic E-state index is 14.1. The highest BCUT2D eigenvalue weighted by Crippen LogP contribution is 2.42. The first-order valence-corrected chi connectivity index (χ1v) is 39.0. The van der Waals surface area contributed by atoms with Crippen LogP contribution in [-0.4, -0.2) is 143 Å². The van der Waals surface area contributed by atoms with Crippen molar-refractivity contribution in [3.63, 3.8) is 0 Å². The van der Waals surface area contributed by atoms with Crippen molar-refractivity contribution in [3.05, 3.63) is 251 Å². The van der Waals surface area contributed by atoms with Crippen molar-refractivity contribution in [2.45, 2.75) is 190 Å². The lowest BCUT2D eigenvalue weighted by molar-refractivity contribution is -0.387. The predicted molar refractivity (Wildman–Crippen MR) is 376 cm³/mol. The molecule has 7 aromatic carbocycles. The van der Waals surface area contributed by atoms with Crippen LogP contribution in [0.4, 0.5) is 0 Å². The van der Waals surface area contributed by atoms with Gasteiger partial charge < -0.3 is 76.4 Å². The van der Waals surface area contributed by atoms with Crippen LogP contribution in [0, 0.1) is 0 Å². The lowest BCUT2D eigenvalue weighted by atomic mass is 9.93. The van der Waals surface area contributed by atoms with E-state index in [1.165, 1.54) is 13.8 Å². The molecule has 0 aromatic heterocycles. The Kier molecular flexibility index (Phi) is 27.6. The first-order valence-electron chi connectivity index (χ1n) is 34.3. The molecule has 11 rings (SSSR count). The molecule has 7 aromatic rings. The molecule has 1 unspecified atom stereocenters. The lowest BCUT2D eigenvalue weighted by Crippen LogP contribution is -2.70. The van der Waals surface area contributed by atoms with Crippen LogP contribution >= 0.6 is 11.8 Å². The van der Waals surface area contributed by atoms with Gasteiger partial charge in [-0.05, 0) is 52.1 Å². The second kappa shape index (κ2) is 37.2. The number of amides is 1. The van der Waals surface area contributed by atoms with Gasteiger partial charge in [0.1, 0.15) is 78.3 Å². The molecule has 0 spiro atoms. The van der Waals surface area contributed by atoms with E-state index in [0.717, 1.165) is 45.2 Å². The summed E-state index contributed by atoms with van der Waals surface area (Å²) in [6.07, 6.45) is -15.0. The third kappa shape index (κ3) is 21.9. The first-order chi connectivity index (χ1) is 48.3. The average molecular weight is 1390 g/mol. The number of nitrogens with one attached hydrogen (secondary N) is 1. The highest BCUT2D eigenvalue weighted by atomic mass is 32.2. The normalized spacial score (nSPS) is 27.0. The van der Waals surface area contributed by atoms with E-state index in [-0.39, 0.29) is 78.1 Å². The number of Topliss-reactive ketones (excluding diaryl/α,β-unsaturated/α-hetero) is 1. The third-order valence-corrected chi connectivity index (χ3v) is 20.8. The summed E-state index contributed by atoms with van der Waals surface area (Å²) < 4.78 is 99.5. The molecule has 4 fully saturated rings. The van der Waals surface area contributed by atoms with Crippen LogP contribution in [-0.2, 0) is 120 Å². The van der Waals surface area contributed by atoms with Crippen molar-refractivity contribution >= 4 is 37.5 Å². The summed E-state index contributed by atoms with van der Waals surface area (Å²) in [7, 11) is -1.54. The van der Waals surface area contributed by atoms with Crippen molar-refractivity contribution < 1.29 is 80.7 Å². The molecule has 0 saturated carbocycles. The van der Waals surface area contributed by atoms with E-state index in [1.54, 1.807) is 11.8 Å². The van der Waals surface area contributed by atoms with Crippen LogP contribution in [0.3, 0.4) is 0 Å². The Morgan fingerprint density at radius 2 is 0.889 bits per heavy atom. The van der Waals surface area contributed by atoms with Gasteiger partial charge in [-0.15, -0.1) is 11.8 Å². The quantitative estimate of drug-likeness (QED) is 0.0295. The number of thioether (sulfide) groups is 1. The summed E-state index contributed by atoms with van der Waals surface area (Å²) in [5.74, 6) is -0.541. The number of ether oxygens (including phenoxy) is 14. The zero-order valence-corrected chi connectivity index (χ0v) is 58.8. The third-order valence-electron chi connectivity index (χ3n) is 17.6. The van der Waals surface area contributed by atoms with E-state index < -0.39 is 117 Å². The van der Waals surface area contributed by atoms with Crippen LogP contribution in [0.5, 0.6) is 0 Å². The average Bonchev–Trinajstić information content (AvgIpc) is 0.762. The highest BCUT2D eigenvalue weighted by molar-refractivity contribution is 7.99. The number of benzene rings is 7. The Bertz CT molecular complexity index is 3520. The van der Waals surface area contributed by atoms with Crippen LogP contribution < -0.4 is 5.32 Å². The summed E-state index contributed by atoms with van der Waals surface area (Å²) in [5, 5.41) is 3.04. The Morgan fingerprint density at radius 1 is 0.465 bits per heavy atom. The fraction of sp³-hybridized carbons (Fsp3) is 0.430. The maximum Gasteiger partial charge on any atom is 0.306 e. The molecular weight excluding hydrogens is 1300 g/mol. The monoisotopic (exact) mass is 1390 g/mol. The van der Waals surface area contributed by atoms with Gasteiger partial charge in [-0.25, -0.2) is 0 Å². The lowest BCUT2D eigenvalue weighted by Gasteiger charge is -2.52. The SMILES string of the molecule is CC(=O)CCC(=O)O[C@@H]1[C@@H](NC(C)=O)[C@H](O[C@@H]2[C@H](OCc3ccccc3)[C@@H](OCc3ccccc3)[C@H](O[C@H]3[C@H](OCc4ccccc4)[C@@H](OCc4ccccc4)[C@H](SCC[Si](C)(C)C)O[C@@H]3COCc3ccccc3)O[C@@H]2COCc2ccccc2)O[C@@H]2COC(c3ccccc3)O[C@H]12. The molecule has 4 heterocycles. The minimum atomic E-state index is -1.54.